The van der Waals surface area contributed by atoms with E-state index in [0.29, 0.717) is 19.0 Å². The molecule has 0 radical (unpaired) electrons. The number of ether oxygens (including phenoxy) is 2. The molecule has 6 nitrogen and oxygen atoms in total. The Bertz CT molecular complexity index is 606. The lowest BCUT2D eigenvalue weighted by atomic mass is 10.1. The molecule has 2 aromatic rings. The van der Waals surface area contributed by atoms with Gasteiger partial charge in [-0.05, 0) is 18.4 Å². The van der Waals surface area contributed by atoms with Crippen LogP contribution >= 0.6 is 0 Å². The zero-order chi connectivity index (χ0) is 15.2. The average Bonchev–Trinajstić information content (AvgIpc) is 3.02. The van der Waals surface area contributed by atoms with E-state index in [2.05, 4.69) is 27.6 Å². The summed E-state index contributed by atoms with van der Waals surface area (Å²) < 4.78 is 10.6. The summed E-state index contributed by atoms with van der Waals surface area (Å²) in [6, 6.07) is 12.1. The number of amides is 1. The summed E-state index contributed by atoms with van der Waals surface area (Å²) in [6.07, 6.45) is 1.21. The van der Waals surface area contributed by atoms with Crippen molar-refractivity contribution in [1.82, 2.24) is 10.2 Å². The van der Waals surface area contributed by atoms with E-state index in [1.54, 1.807) is 0 Å². The summed E-state index contributed by atoms with van der Waals surface area (Å²) >= 11 is 0. The number of H-pyrrole nitrogens is 1. The lowest BCUT2D eigenvalue weighted by Crippen LogP contribution is -2.39. The van der Waals surface area contributed by atoms with E-state index in [0.717, 1.165) is 18.5 Å². The molecule has 0 saturated carbocycles. The largest absolute Gasteiger partial charge is 0.376 e. The van der Waals surface area contributed by atoms with Crippen LogP contribution in [0.15, 0.2) is 36.4 Å². The molecule has 0 spiro atoms. The maximum absolute atomic E-state index is 12.0. The first-order valence-electron chi connectivity index (χ1n) is 7.40. The Balaban J connectivity index is 1.51. The zero-order valence-electron chi connectivity index (χ0n) is 12.2. The van der Waals surface area contributed by atoms with Crippen molar-refractivity contribution in [3.05, 3.63) is 47.7 Å². The zero-order valence-corrected chi connectivity index (χ0v) is 12.2. The van der Waals surface area contributed by atoms with Gasteiger partial charge in [0, 0.05) is 11.8 Å². The topological polar surface area (TPSA) is 76.2 Å². The van der Waals surface area contributed by atoms with Gasteiger partial charge >= 0.3 is 0 Å². The SMILES string of the molecule is O=C(Nc1cc(CCc2ccccc2)[nH]n1)[C@H]1COCCO1. The number of nitrogens with one attached hydrogen (secondary N) is 2. The number of hydrogen-bond acceptors (Lipinski definition) is 4. The van der Waals surface area contributed by atoms with Gasteiger partial charge in [0.2, 0.25) is 0 Å². The molecule has 1 aromatic carbocycles. The van der Waals surface area contributed by atoms with Gasteiger partial charge in [0.25, 0.3) is 5.91 Å². The van der Waals surface area contributed by atoms with Crippen LogP contribution in [-0.4, -0.2) is 42.0 Å². The second-order valence-electron chi connectivity index (χ2n) is 5.19. The summed E-state index contributed by atoms with van der Waals surface area (Å²) in [5.41, 5.74) is 2.26. The number of carbonyl (C=O) groups is 1. The average molecular weight is 301 g/mol. The van der Waals surface area contributed by atoms with E-state index in [-0.39, 0.29) is 12.5 Å². The van der Waals surface area contributed by atoms with Gasteiger partial charge in [-0.25, -0.2) is 0 Å². The van der Waals surface area contributed by atoms with Crippen LogP contribution in [0.1, 0.15) is 11.3 Å². The van der Waals surface area contributed by atoms with E-state index in [1.807, 2.05) is 24.3 Å². The Morgan fingerprint density at radius 2 is 2.14 bits per heavy atom. The molecule has 1 aliphatic rings. The number of aryl methyl sites for hydroxylation is 2. The molecule has 1 saturated heterocycles. The second kappa shape index (κ2) is 7.20. The minimum atomic E-state index is -0.557. The van der Waals surface area contributed by atoms with Crippen LogP contribution in [0, 0.1) is 0 Å². The molecule has 22 heavy (non-hydrogen) atoms. The third-order valence-electron chi connectivity index (χ3n) is 3.52. The molecule has 1 aromatic heterocycles. The molecule has 2 heterocycles. The number of aromatic amines is 1. The number of aromatic nitrogens is 2. The minimum Gasteiger partial charge on any atom is -0.376 e. The first-order chi connectivity index (χ1) is 10.8. The summed E-state index contributed by atoms with van der Waals surface area (Å²) in [7, 11) is 0. The third-order valence-corrected chi connectivity index (χ3v) is 3.52. The van der Waals surface area contributed by atoms with Gasteiger partial charge in [-0.3, -0.25) is 9.89 Å². The summed E-state index contributed by atoms with van der Waals surface area (Å²) in [5, 5.41) is 9.80. The van der Waals surface area contributed by atoms with Crippen molar-refractivity contribution < 1.29 is 14.3 Å². The third kappa shape index (κ3) is 3.93. The highest BCUT2D eigenvalue weighted by molar-refractivity contribution is 5.93. The Kier molecular flexibility index (Phi) is 4.82. The summed E-state index contributed by atoms with van der Waals surface area (Å²) in [6.45, 7) is 1.27. The first-order valence-corrected chi connectivity index (χ1v) is 7.40. The molecule has 0 aliphatic carbocycles. The quantitative estimate of drug-likeness (QED) is 0.878. The van der Waals surface area contributed by atoms with E-state index in [9.17, 15) is 4.79 Å². The Morgan fingerprint density at radius 1 is 1.27 bits per heavy atom. The van der Waals surface area contributed by atoms with E-state index >= 15 is 0 Å². The minimum absolute atomic E-state index is 0.221. The first kappa shape index (κ1) is 14.7. The highest BCUT2D eigenvalue weighted by atomic mass is 16.6. The monoisotopic (exact) mass is 301 g/mol. The molecule has 1 fully saturated rings. The van der Waals surface area contributed by atoms with Gasteiger partial charge in [0.05, 0.1) is 19.8 Å². The van der Waals surface area contributed by atoms with Crippen LogP contribution in [0.5, 0.6) is 0 Å². The van der Waals surface area contributed by atoms with Crippen molar-refractivity contribution in [1.29, 1.82) is 0 Å². The molecular weight excluding hydrogens is 282 g/mol. The molecular formula is C16H19N3O3. The number of carbonyl (C=O) groups excluding carboxylic acids is 1. The van der Waals surface area contributed by atoms with Crippen LogP contribution in [0.3, 0.4) is 0 Å². The smallest absolute Gasteiger partial charge is 0.257 e. The van der Waals surface area contributed by atoms with Crippen molar-refractivity contribution in [2.75, 3.05) is 25.1 Å². The lowest BCUT2D eigenvalue weighted by Gasteiger charge is -2.21. The molecule has 0 unspecified atom stereocenters. The molecule has 0 bridgehead atoms. The predicted octanol–water partition coefficient (Wildman–Crippen LogP) is 1.55. The van der Waals surface area contributed by atoms with Gasteiger partial charge in [-0.2, -0.15) is 5.10 Å². The van der Waals surface area contributed by atoms with Crippen molar-refractivity contribution in [3.8, 4) is 0 Å². The fourth-order valence-electron chi connectivity index (χ4n) is 2.32. The molecule has 1 atom stereocenters. The van der Waals surface area contributed by atoms with Gasteiger partial charge < -0.3 is 14.8 Å². The van der Waals surface area contributed by atoms with Crippen molar-refractivity contribution in [2.45, 2.75) is 18.9 Å². The van der Waals surface area contributed by atoms with Crippen LogP contribution < -0.4 is 5.32 Å². The Labute approximate surface area is 128 Å². The van der Waals surface area contributed by atoms with E-state index < -0.39 is 6.10 Å². The van der Waals surface area contributed by atoms with Gasteiger partial charge in [0.15, 0.2) is 11.9 Å². The predicted molar refractivity (Wildman–Crippen MR) is 81.6 cm³/mol. The Morgan fingerprint density at radius 3 is 2.91 bits per heavy atom. The van der Waals surface area contributed by atoms with Gasteiger partial charge in [-0.1, -0.05) is 30.3 Å². The standard InChI is InChI=1S/C16H19N3O3/c20-16(14-11-21-8-9-22-14)17-15-10-13(18-19-15)7-6-12-4-2-1-3-5-12/h1-5,10,14H,6-9,11H2,(H2,17,18,19,20)/t14-/m1/s1. The normalized spacial score (nSPS) is 18.1. The maximum Gasteiger partial charge on any atom is 0.257 e. The Hall–Kier alpha value is -2.18. The molecule has 2 N–H and O–H groups in total. The molecule has 1 amide bonds. The summed E-state index contributed by atoms with van der Waals surface area (Å²) in [5.74, 6) is 0.294. The maximum atomic E-state index is 12.0. The number of hydrogen-bond donors (Lipinski definition) is 2. The van der Waals surface area contributed by atoms with Crippen LogP contribution in [-0.2, 0) is 27.1 Å². The fraction of sp³-hybridized carbons (Fsp3) is 0.375. The van der Waals surface area contributed by atoms with Crippen LogP contribution in [0.25, 0.3) is 0 Å². The second-order valence-corrected chi connectivity index (χ2v) is 5.19. The number of benzene rings is 1. The van der Waals surface area contributed by atoms with Gasteiger partial charge in [-0.15, -0.1) is 0 Å². The van der Waals surface area contributed by atoms with Crippen LogP contribution in [0.2, 0.25) is 0 Å². The molecule has 116 valence electrons. The number of rotatable bonds is 5. The van der Waals surface area contributed by atoms with Crippen molar-refractivity contribution >= 4 is 11.7 Å². The summed E-state index contributed by atoms with van der Waals surface area (Å²) in [4.78, 5) is 12.0. The van der Waals surface area contributed by atoms with Crippen LogP contribution in [0.4, 0.5) is 5.82 Å². The number of nitrogens with zero attached hydrogens (tertiary/aromatic N) is 1. The highest BCUT2D eigenvalue weighted by Crippen LogP contribution is 2.11. The van der Waals surface area contributed by atoms with Crippen molar-refractivity contribution in [2.24, 2.45) is 0 Å². The molecule has 6 heteroatoms. The van der Waals surface area contributed by atoms with Gasteiger partial charge in [0.1, 0.15) is 0 Å². The van der Waals surface area contributed by atoms with E-state index in [4.69, 9.17) is 9.47 Å². The fourth-order valence-corrected chi connectivity index (χ4v) is 2.32. The highest BCUT2D eigenvalue weighted by Gasteiger charge is 2.23. The molecule has 3 rings (SSSR count). The lowest BCUT2D eigenvalue weighted by molar-refractivity contribution is -0.142. The molecule has 1 aliphatic heterocycles. The van der Waals surface area contributed by atoms with Crippen molar-refractivity contribution in [3.63, 3.8) is 0 Å². The van der Waals surface area contributed by atoms with E-state index in [1.165, 1.54) is 5.56 Å². The number of anilines is 1.